The van der Waals surface area contributed by atoms with Crippen LogP contribution in [0.1, 0.15) is 52.9 Å². The molecule has 0 radical (unpaired) electrons. The minimum absolute atomic E-state index is 0.337. The topological polar surface area (TPSA) is 33.8 Å². The summed E-state index contributed by atoms with van der Waals surface area (Å²) in [6, 6.07) is 0. The summed E-state index contributed by atoms with van der Waals surface area (Å²) in [5.41, 5.74) is 0. The molecule has 114 valence electrons. The van der Waals surface area contributed by atoms with Crippen molar-refractivity contribution in [1.29, 1.82) is 0 Å². The van der Waals surface area contributed by atoms with E-state index in [1.54, 1.807) is 0 Å². The molecule has 1 rings (SSSR count). The van der Waals surface area contributed by atoms with Crippen LogP contribution in [0.2, 0.25) is 18.1 Å². The van der Waals surface area contributed by atoms with Crippen LogP contribution in [0, 0.1) is 0 Å². The molecule has 0 saturated carbocycles. The highest BCUT2D eigenvalue weighted by atomic mass is 28.4. The van der Waals surface area contributed by atoms with E-state index in [9.17, 15) is 0 Å². The first-order chi connectivity index (χ1) is 8.83. The molecule has 1 unspecified atom stereocenters. The quantitative estimate of drug-likeness (QED) is 0.376. The lowest BCUT2D eigenvalue weighted by molar-refractivity contribution is 0.277. The highest BCUT2D eigenvalue weighted by molar-refractivity contribution is 6.74. The van der Waals surface area contributed by atoms with Crippen molar-refractivity contribution in [3.63, 3.8) is 0 Å². The van der Waals surface area contributed by atoms with E-state index in [-0.39, 0.29) is 0 Å². The Balaban J connectivity index is 1.87. The third-order valence-corrected chi connectivity index (χ3v) is 8.83. The van der Waals surface area contributed by atoms with Gasteiger partial charge in [-0.25, -0.2) is 0 Å². The van der Waals surface area contributed by atoms with Gasteiger partial charge >= 0.3 is 0 Å². The van der Waals surface area contributed by atoms with Crippen LogP contribution < -0.4 is 5.32 Å². The van der Waals surface area contributed by atoms with Gasteiger partial charge in [0.2, 0.25) is 0 Å². The van der Waals surface area contributed by atoms with Crippen LogP contribution in [0.25, 0.3) is 0 Å². The van der Waals surface area contributed by atoms with Crippen LogP contribution >= 0.6 is 0 Å². The fourth-order valence-corrected chi connectivity index (χ4v) is 2.82. The van der Waals surface area contributed by atoms with Crippen molar-refractivity contribution in [3.8, 4) is 0 Å². The lowest BCUT2D eigenvalue weighted by atomic mass is 10.1. The van der Waals surface area contributed by atoms with Gasteiger partial charge in [-0.3, -0.25) is 5.32 Å². The van der Waals surface area contributed by atoms with Crippen LogP contribution in [-0.2, 0) is 9.16 Å². The SMILES string of the molecule is CC(C)(C)[Si](C)(C)OCCCCCCCNC1CO1. The maximum absolute atomic E-state index is 6.17. The molecule has 1 saturated heterocycles. The van der Waals surface area contributed by atoms with Gasteiger partial charge in [0, 0.05) is 6.61 Å². The van der Waals surface area contributed by atoms with Gasteiger partial charge in [-0.1, -0.05) is 40.0 Å². The zero-order valence-electron chi connectivity index (χ0n) is 13.6. The Hall–Kier alpha value is 0.0969. The van der Waals surface area contributed by atoms with Crippen molar-refractivity contribution >= 4 is 8.32 Å². The Bertz CT molecular complexity index is 247. The summed E-state index contributed by atoms with van der Waals surface area (Å²) in [6.45, 7) is 14.5. The van der Waals surface area contributed by atoms with E-state index in [2.05, 4.69) is 39.2 Å². The molecule has 1 heterocycles. The zero-order valence-corrected chi connectivity index (χ0v) is 14.6. The first-order valence-electron chi connectivity index (χ1n) is 7.82. The van der Waals surface area contributed by atoms with E-state index in [1.165, 1.54) is 32.1 Å². The summed E-state index contributed by atoms with van der Waals surface area (Å²) in [6.07, 6.45) is 6.80. The molecule has 1 fully saturated rings. The maximum Gasteiger partial charge on any atom is 0.191 e. The Kier molecular flexibility index (Phi) is 7.01. The molecule has 0 aromatic carbocycles. The Morgan fingerprint density at radius 2 is 1.68 bits per heavy atom. The molecule has 1 aliphatic heterocycles. The summed E-state index contributed by atoms with van der Waals surface area (Å²) < 4.78 is 11.3. The summed E-state index contributed by atoms with van der Waals surface area (Å²) >= 11 is 0. The molecule has 0 bridgehead atoms. The van der Waals surface area contributed by atoms with Crippen molar-refractivity contribution < 1.29 is 9.16 Å². The molecular formula is C15H33NO2Si. The summed E-state index contributed by atoms with van der Waals surface area (Å²) in [5.74, 6) is 0. The van der Waals surface area contributed by atoms with Crippen LogP contribution in [0.3, 0.4) is 0 Å². The average molecular weight is 288 g/mol. The van der Waals surface area contributed by atoms with Crippen LogP contribution in [0.4, 0.5) is 0 Å². The average Bonchev–Trinajstić information content (AvgIpc) is 3.09. The normalized spacial score (nSPS) is 19.7. The molecule has 0 aromatic rings. The standard InChI is InChI=1S/C15H33NO2Si/c1-15(2,3)19(4,5)18-12-10-8-6-7-9-11-16-14-13-17-14/h14,16H,6-13H2,1-5H3. The molecule has 19 heavy (non-hydrogen) atoms. The van der Waals surface area contributed by atoms with E-state index in [0.29, 0.717) is 11.3 Å². The second-order valence-corrected chi connectivity index (χ2v) is 12.0. The number of nitrogens with one attached hydrogen (secondary N) is 1. The molecule has 0 aromatic heterocycles. The number of hydrogen-bond acceptors (Lipinski definition) is 3. The molecule has 0 aliphatic carbocycles. The number of unbranched alkanes of at least 4 members (excludes halogenated alkanes) is 4. The van der Waals surface area contributed by atoms with Crippen molar-refractivity contribution in [3.05, 3.63) is 0 Å². The molecular weight excluding hydrogens is 254 g/mol. The van der Waals surface area contributed by atoms with E-state index in [4.69, 9.17) is 9.16 Å². The number of rotatable bonds is 10. The lowest BCUT2D eigenvalue weighted by Crippen LogP contribution is -2.40. The summed E-state index contributed by atoms with van der Waals surface area (Å²) in [4.78, 5) is 0. The predicted molar refractivity (Wildman–Crippen MR) is 84.0 cm³/mol. The van der Waals surface area contributed by atoms with Gasteiger partial charge in [0.05, 0.1) is 6.61 Å². The van der Waals surface area contributed by atoms with Gasteiger partial charge in [-0.15, -0.1) is 0 Å². The van der Waals surface area contributed by atoms with Crippen molar-refractivity contribution in [2.45, 2.75) is 77.2 Å². The second-order valence-electron chi connectivity index (χ2n) is 7.15. The molecule has 1 N–H and O–H groups in total. The van der Waals surface area contributed by atoms with E-state index >= 15 is 0 Å². The van der Waals surface area contributed by atoms with Crippen molar-refractivity contribution in [2.75, 3.05) is 19.8 Å². The fraction of sp³-hybridized carbons (Fsp3) is 1.00. The highest BCUT2D eigenvalue weighted by Gasteiger charge is 2.36. The number of hydrogen-bond donors (Lipinski definition) is 1. The smallest absolute Gasteiger partial charge is 0.191 e. The number of ether oxygens (including phenoxy) is 1. The maximum atomic E-state index is 6.17. The van der Waals surface area contributed by atoms with Gasteiger partial charge in [-0.05, 0) is 37.5 Å². The Morgan fingerprint density at radius 1 is 1.11 bits per heavy atom. The molecule has 4 heteroatoms. The van der Waals surface area contributed by atoms with Gasteiger partial charge < -0.3 is 9.16 Å². The van der Waals surface area contributed by atoms with Crippen LogP contribution in [-0.4, -0.2) is 34.3 Å². The van der Waals surface area contributed by atoms with Crippen molar-refractivity contribution in [2.24, 2.45) is 0 Å². The molecule has 1 aliphatic rings. The third-order valence-electron chi connectivity index (χ3n) is 4.30. The highest BCUT2D eigenvalue weighted by Crippen LogP contribution is 2.36. The largest absolute Gasteiger partial charge is 0.417 e. The van der Waals surface area contributed by atoms with Gasteiger partial charge in [-0.2, -0.15) is 0 Å². The summed E-state index contributed by atoms with van der Waals surface area (Å²) in [7, 11) is -1.52. The monoisotopic (exact) mass is 287 g/mol. The Morgan fingerprint density at radius 3 is 2.26 bits per heavy atom. The Labute approximate surface area is 120 Å². The first-order valence-corrected chi connectivity index (χ1v) is 10.7. The van der Waals surface area contributed by atoms with Gasteiger partial charge in [0.15, 0.2) is 8.32 Å². The van der Waals surface area contributed by atoms with E-state index < -0.39 is 8.32 Å². The molecule has 0 spiro atoms. The lowest BCUT2D eigenvalue weighted by Gasteiger charge is -2.36. The predicted octanol–water partition coefficient (Wildman–Crippen LogP) is 3.90. The minimum atomic E-state index is -1.52. The van der Waals surface area contributed by atoms with E-state index in [0.717, 1.165) is 19.8 Å². The molecule has 3 nitrogen and oxygen atoms in total. The first kappa shape index (κ1) is 17.1. The number of epoxide rings is 1. The van der Waals surface area contributed by atoms with Crippen LogP contribution in [0.15, 0.2) is 0 Å². The minimum Gasteiger partial charge on any atom is -0.417 e. The second kappa shape index (κ2) is 7.77. The molecule has 0 amide bonds. The third kappa shape index (κ3) is 7.44. The van der Waals surface area contributed by atoms with Gasteiger partial charge in [0.1, 0.15) is 6.23 Å². The van der Waals surface area contributed by atoms with Crippen molar-refractivity contribution in [1.82, 2.24) is 5.32 Å². The van der Waals surface area contributed by atoms with Crippen LogP contribution in [0.5, 0.6) is 0 Å². The fourth-order valence-electron chi connectivity index (χ4n) is 1.73. The molecule has 1 atom stereocenters. The zero-order chi connectivity index (χ0) is 14.4. The summed E-state index contributed by atoms with van der Waals surface area (Å²) in [5, 5.41) is 3.69. The van der Waals surface area contributed by atoms with E-state index in [1.807, 2.05) is 0 Å². The van der Waals surface area contributed by atoms with Gasteiger partial charge in [0.25, 0.3) is 0 Å².